The Morgan fingerprint density at radius 3 is 2.93 bits per heavy atom. The highest BCUT2D eigenvalue weighted by molar-refractivity contribution is 5.39. The van der Waals surface area contributed by atoms with Gasteiger partial charge in [0, 0.05) is 12.0 Å². The van der Waals surface area contributed by atoms with Crippen LogP contribution >= 0.6 is 0 Å². The van der Waals surface area contributed by atoms with Crippen molar-refractivity contribution < 1.29 is 4.39 Å². The number of hydrogen-bond acceptors (Lipinski definition) is 1. The monoisotopic (exact) mass is 191 g/mol. The van der Waals surface area contributed by atoms with Crippen molar-refractivity contribution in [3.8, 4) is 0 Å². The Hall–Kier alpha value is -0.890. The molecular weight excluding hydrogens is 177 g/mol. The van der Waals surface area contributed by atoms with Crippen LogP contribution in [-0.2, 0) is 5.41 Å². The van der Waals surface area contributed by atoms with E-state index >= 15 is 0 Å². The summed E-state index contributed by atoms with van der Waals surface area (Å²) >= 11 is 0. The summed E-state index contributed by atoms with van der Waals surface area (Å²) in [6.07, 6.45) is 1.17. The topological polar surface area (TPSA) is 12.0 Å². The van der Waals surface area contributed by atoms with Crippen LogP contribution in [0.3, 0.4) is 0 Å². The molecule has 0 aromatic heterocycles. The Bertz CT molecular complexity index is 388. The van der Waals surface area contributed by atoms with Crippen LogP contribution in [0.15, 0.2) is 18.2 Å². The number of hydrogen-bond donors (Lipinski definition) is 1. The fourth-order valence-electron chi connectivity index (χ4n) is 2.78. The summed E-state index contributed by atoms with van der Waals surface area (Å²) in [5.41, 5.74) is 2.08. The summed E-state index contributed by atoms with van der Waals surface area (Å²) in [5.74, 6) is 0.663. The minimum absolute atomic E-state index is 0.0174. The lowest BCUT2D eigenvalue weighted by Gasteiger charge is -2.13. The van der Waals surface area contributed by atoms with Crippen LogP contribution in [0.5, 0.6) is 0 Å². The fraction of sp³-hybridized carbons (Fsp3) is 0.500. The van der Waals surface area contributed by atoms with Crippen LogP contribution in [0, 0.1) is 18.7 Å². The average molecular weight is 191 g/mol. The second-order valence-corrected chi connectivity index (χ2v) is 4.67. The molecular formula is C12H14FN. The molecule has 74 valence electrons. The first kappa shape index (κ1) is 8.42. The van der Waals surface area contributed by atoms with Gasteiger partial charge in [0.2, 0.25) is 0 Å². The molecule has 0 amide bonds. The zero-order valence-electron chi connectivity index (χ0n) is 8.31. The predicted octanol–water partition coefficient (Wildman–Crippen LogP) is 2.00. The van der Waals surface area contributed by atoms with Crippen molar-refractivity contribution in [2.24, 2.45) is 5.92 Å². The molecule has 1 saturated heterocycles. The second kappa shape index (κ2) is 2.57. The third kappa shape index (κ3) is 0.976. The van der Waals surface area contributed by atoms with E-state index in [0.29, 0.717) is 5.92 Å². The number of halogens is 1. The van der Waals surface area contributed by atoms with E-state index in [1.807, 2.05) is 19.1 Å². The first-order valence-electron chi connectivity index (χ1n) is 5.20. The first-order valence-corrected chi connectivity index (χ1v) is 5.20. The maximum atomic E-state index is 13.7. The van der Waals surface area contributed by atoms with Gasteiger partial charge in [0.15, 0.2) is 0 Å². The Kier molecular flexibility index (Phi) is 1.55. The van der Waals surface area contributed by atoms with Gasteiger partial charge < -0.3 is 5.32 Å². The van der Waals surface area contributed by atoms with Gasteiger partial charge in [-0.1, -0.05) is 12.1 Å². The van der Waals surface area contributed by atoms with Gasteiger partial charge in [-0.25, -0.2) is 4.39 Å². The summed E-state index contributed by atoms with van der Waals surface area (Å²) in [7, 11) is 0. The van der Waals surface area contributed by atoms with Gasteiger partial charge in [-0.05, 0) is 43.0 Å². The zero-order chi connectivity index (χ0) is 9.76. The number of nitrogens with one attached hydrogen (secondary N) is 1. The molecule has 0 spiro atoms. The van der Waals surface area contributed by atoms with Gasteiger partial charge >= 0.3 is 0 Å². The number of rotatable bonds is 1. The molecule has 1 saturated carbocycles. The lowest BCUT2D eigenvalue weighted by Crippen LogP contribution is -2.20. The minimum atomic E-state index is -0.0174. The summed E-state index contributed by atoms with van der Waals surface area (Å²) in [5, 5.41) is 3.34. The average Bonchev–Trinajstić information content (AvgIpc) is 2.69. The van der Waals surface area contributed by atoms with Crippen molar-refractivity contribution in [2.45, 2.75) is 18.8 Å². The fourth-order valence-corrected chi connectivity index (χ4v) is 2.78. The smallest absolute Gasteiger partial charge is 0.127 e. The van der Waals surface area contributed by atoms with E-state index in [1.165, 1.54) is 6.42 Å². The van der Waals surface area contributed by atoms with Gasteiger partial charge in [0.05, 0.1) is 0 Å². The van der Waals surface area contributed by atoms with Gasteiger partial charge in [-0.15, -0.1) is 0 Å². The molecule has 0 bridgehead atoms. The van der Waals surface area contributed by atoms with E-state index in [-0.39, 0.29) is 11.2 Å². The second-order valence-electron chi connectivity index (χ2n) is 4.67. The lowest BCUT2D eigenvalue weighted by molar-refractivity contribution is 0.568. The molecule has 1 aromatic rings. The summed E-state index contributed by atoms with van der Waals surface area (Å²) in [6.45, 7) is 3.95. The van der Waals surface area contributed by atoms with E-state index in [2.05, 4.69) is 5.32 Å². The molecule has 14 heavy (non-hydrogen) atoms. The van der Waals surface area contributed by atoms with Gasteiger partial charge in [0.1, 0.15) is 5.82 Å². The summed E-state index contributed by atoms with van der Waals surface area (Å²) in [6, 6.07) is 5.64. The van der Waals surface area contributed by atoms with Crippen LogP contribution in [0.4, 0.5) is 4.39 Å². The highest BCUT2D eigenvalue weighted by Gasteiger charge is 2.58. The Morgan fingerprint density at radius 1 is 1.50 bits per heavy atom. The van der Waals surface area contributed by atoms with Crippen molar-refractivity contribution in [3.63, 3.8) is 0 Å². The van der Waals surface area contributed by atoms with Crippen LogP contribution in [0.25, 0.3) is 0 Å². The van der Waals surface area contributed by atoms with E-state index in [9.17, 15) is 4.39 Å². The molecule has 1 heterocycles. The zero-order valence-corrected chi connectivity index (χ0v) is 8.31. The van der Waals surface area contributed by atoms with Gasteiger partial charge in [-0.2, -0.15) is 0 Å². The normalized spacial score (nSPS) is 34.3. The summed E-state index contributed by atoms with van der Waals surface area (Å²) in [4.78, 5) is 0. The quantitative estimate of drug-likeness (QED) is 0.716. The Morgan fingerprint density at radius 2 is 2.36 bits per heavy atom. The van der Waals surface area contributed by atoms with Crippen molar-refractivity contribution in [1.29, 1.82) is 0 Å². The van der Waals surface area contributed by atoms with E-state index in [0.717, 1.165) is 24.2 Å². The number of fused-ring (bicyclic) bond motifs is 1. The van der Waals surface area contributed by atoms with E-state index in [4.69, 9.17) is 0 Å². The highest BCUT2D eigenvalue weighted by atomic mass is 19.1. The van der Waals surface area contributed by atoms with Crippen molar-refractivity contribution in [2.75, 3.05) is 13.1 Å². The number of benzene rings is 1. The van der Waals surface area contributed by atoms with E-state index < -0.39 is 0 Å². The maximum absolute atomic E-state index is 13.7. The van der Waals surface area contributed by atoms with Crippen LogP contribution < -0.4 is 5.32 Å². The van der Waals surface area contributed by atoms with Crippen LogP contribution in [0.1, 0.15) is 17.5 Å². The molecule has 0 radical (unpaired) electrons. The Labute approximate surface area is 83.3 Å². The standard InChI is InChI=1S/C12H14FN/c1-8-2-3-10(11(13)4-8)12-5-9(12)6-14-7-12/h2-4,9,14H,5-7H2,1H3/t9-,12-/m1/s1. The van der Waals surface area contributed by atoms with Crippen molar-refractivity contribution in [3.05, 3.63) is 35.1 Å². The molecule has 2 atom stereocenters. The Balaban J connectivity index is 2.05. The molecule has 3 rings (SSSR count). The first-order chi connectivity index (χ1) is 6.72. The van der Waals surface area contributed by atoms with Crippen LogP contribution in [-0.4, -0.2) is 13.1 Å². The maximum Gasteiger partial charge on any atom is 0.127 e. The molecule has 1 aliphatic carbocycles. The lowest BCUT2D eigenvalue weighted by atomic mass is 9.94. The largest absolute Gasteiger partial charge is 0.316 e. The SMILES string of the molecule is Cc1ccc([C@]23CNC[C@H]2C3)c(F)c1. The van der Waals surface area contributed by atoms with Gasteiger partial charge in [-0.3, -0.25) is 0 Å². The third-order valence-corrected chi connectivity index (χ3v) is 3.72. The molecule has 1 N–H and O–H groups in total. The number of piperidine rings is 1. The number of aryl methyl sites for hydroxylation is 1. The molecule has 1 nitrogen and oxygen atoms in total. The van der Waals surface area contributed by atoms with Gasteiger partial charge in [0.25, 0.3) is 0 Å². The highest BCUT2D eigenvalue weighted by Crippen LogP contribution is 2.56. The molecule has 2 heteroatoms. The molecule has 1 aromatic carbocycles. The molecule has 1 aliphatic heterocycles. The van der Waals surface area contributed by atoms with Crippen LogP contribution in [0.2, 0.25) is 0 Å². The molecule has 0 unspecified atom stereocenters. The molecule has 2 fully saturated rings. The minimum Gasteiger partial charge on any atom is -0.316 e. The van der Waals surface area contributed by atoms with Crippen molar-refractivity contribution >= 4 is 0 Å². The van der Waals surface area contributed by atoms with Crippen molar-refractivity contribution in [1.82, 2.24) is 5.32 Å². The van der Waals surface area contributed by atoms with E-state index in [1.54, 1.807) is 6.07 Å². The third-order valence-electron chi connectivity index (χ3n) is 3.72. The predicted molar refractivity (Wildman–Crippen MR) is 53.8 cm³/mol. The summed E-state index contributed by atoms with van der Waals surface area (Å²) < 4.78 is 13.7. The molecule has 2 aliphatic rings.